The lowest BCUT2D eigenvalue weighted by atomic mass is 10.00. The number of ether oxygens (including phenoxy) is 1. The van der Waals surface area contributed by atoms with Crippen molar-refractivity contribution in [3.05, 3.63) is 34.9 Å². The molecule has 1 aromatic carbocycles. The first-order chi connectivity index (χ1) is 8.67. The predicted molar refractivity (Wildman–Crippen MR) is 64.0 cm³/mol. The molecule has 0 aliphatic rings. The van der Waals surface area contributed by atoms with Crippen LogP contribution in [0.3, 0.4) is 0 Å². The molecule has 1 aromatic rings. The SMILES string of the molecule is O=COCCc1ccc(CCC(=O)O)cc1CO. The van der Waals surface area contributed by atoms with E-state index in [0.717, 1.165) is 16.7 Å². The van der Waals surface area contributed by atoms with Crippen LogP contribution in [-0.4, -0.2) is 29.3 Å². The van der Waals surface area contributed by atoms with E-state index in [4.69, 9.17) is 5.11 Å². The molecule has 0 aliphatic heterocycles. The molecule has 2 N–H and O–H groups in total. The molecule has 0 unspecified atom stereocenters. The molecule has 0 saturated carbocycles. The number of aliphatic carboxylic acids is 1. The van der Waals surface area contributed by atoms with Crippen LogP contribution in [0.25, 0.3) is 0 Å². The second-order valence-electron chi connectivity index (χ2n) is 3.87. The molecule has 0 aliphatic carbocycles. The van der Waals surface area contributed by atoms with Gasteiger partial charge in [-0.2, -0.15) is 0 Å². The summed E-state index contributed by atoms with van der Waals surface area (Å²) >= 11 is 0. The van der Waals surface area contributed by atoms with E-state index in [9.17, 15) is 14.7 Å². The molecule has 0 heterocycles. The second-order valence-corrected chi connectivity index (χ2v) is 3.87. The summed E-state index contributed by atoms with van der Waals surface area (Å²) in [5.41, 5.74) is 2.52. The summed E-state index contributed by atoms with van der Waals surface area (Å²) in [6, 6.07) is 5.45. The van der Waals surface area contributed by atoms with Crippen molar-refractivity contribution in [1.29, 1.82) is 0 Å². The third-order valence-electron chi connectivity index (χ3n) is 2.63. The van der Waals surface area contributed by atoms with Gasteiger partial charge in [0.05, 0.1) is 13.2 Å². The van der Waals surface area contributed by atoms with Gasteiger partial charge in [-0.25, -0.2) is 0 Å². The quantitative estimate of drug-likeness (QED) is 0.530. The fraction of sp³-hybridized carbons (Fsp3) is 0.385. The average molecular weight is 252 g/mol. The van der Waals surface area contributed by atoms with Crippen LogP contribution < -0.4 is 0 Å². The average Bonchev–Trinajstić information content (AvgIpc) is 2.37. The maximum absolute atomic E-state index is 10.5. The molecule has 0 saturated heterocycles. The first-order valence-corrected chi connectivity index (χ1v) is 5.66. The van der Waals surface area contributed by atoms with Crippen LogP contribution in [0, 0.1) is 0 Å². The van der Waals surface area contributed by atoms with Gasteiger partial charge in [0.1, 0.15) is 0 Å². The highest BCUT2D eigenvalue weighted by Crippen LogP contribution is 2.14. The highest BCUT2D eigenvalue weighted by Gasteiger charge is 2.05. The Balaban J connectivity index is 2.69. The molecule has 0 spiro atoms. The number of benzene rings is 1. The summed E-state index contributed by atoms with van der Waals surface area (Å²) in [5, 5.41) is 17.9. The number of rotatable bonds is 8. The van der Waals surface area contributed by atoms with E-state index < -0.39 is 5.97 Å². The van der Waals surface area contributed by atoms with Gasteiger partial charge in [-0.05, 0) is 23.1 Å². The Hall–Kier alpha value is -1.88. The number of carbonyl (C=O) groups is 2. The molecule has 0 aromatic heterocycles. The first kappa shape index (κ1) is 14.2. The van der Waals surface area contributed by atoms with E-state index in [-0.39, 0.29) is 19.6 Å². The molecule has 0 amide bonds. The normalized spacial score (nSPS) is 10.1. The van der Waals surface area contributed by atoms with Crippen molar-refractivity contribution in [3.8, 4) is 0 Å². The highest BCUT2D eigenvalue weighted by molar-refractivity contribution is 5.67. The molecule has 5 nitrogen and oxygen atoms in total. The predicted octanol–water partition coefficient (Wildman–Crippen LogP) is 0.912. The summed E-state index contributed by atoms with van der Waals surface area (Å²) in [6.07, 6.45) is 1.04. The number of aryl methyl sites for hydroxylation is 1. The smallest absolute Gasteiger partial charge is 0.303 e. The van der Waals surface area contributed by atoms with E-state index in [1.165, 1.54) is 0 Å². The van der Waals surface area contributed by atoms with Gasteiger partial charge in [-0.3, -0.25) is 9.59 Å². The number of carboxylic acids is 1. The Morgan fingerprint density at radius 2 is 2.06 bits per heavy atom. The van der Waals surface area contributed by atoms with Crippen LogP contribution >= 0.6 is 0 Å². The zero-order valence-electron chi connectivity index (χ0n) is 9.96. The monoisotopic (exact) mass is 252 g/mol. The molecule has 0 atom stereocenters. The second kappa shape index (κ2) is 7.45. The third kappa shape index (κ3) is 4.55. The van der Waals surface area contributed by atoms with E-state index in [1.54, 1.807) is 6.07 Å². The highest BCUT2D eigenvalue weighted by atomic mass is 16.5. The van der Waals surface area contributed by atoms with Gasteiger partial charge < -0.3 is 14.9 Å². The molecule has 0 radical (unpaired) electrons. The maximum Gasteiger partial charge on any atom is 0.303 e. The number of hydrogen-bond donors (Lipinski definition) is 2. The van der Waals surface area contributed by atoms with Crippen molar-refractivity contribution in [2.45, 2.75) is 25.9 Å². The van der Waals surface area contributed by atoms with Crippen molar-refractivity contribution in [1.82, 2.24) is 0 Å². The zero-order chi connectivity index (χ0) is 13.4. The Labute approximate surface area is 105 Å². The zero-order valence-corrected chi connectivity index (χ0v) is 9.96. The number of aliphatic hydroxyl groups excluding tert-OH is 1. The van der Waals surface area contributed by atoms with Crippen LogP contribution in [0.2, 0.25) is 0 Å². The van der Waals surface area contributed by atoms with Crippen molar-refractivity contribution >= 4 is 12.4 Å². The molecule has 18 heavy (non-hydrogen) atoms. The lowest BCUT2D eigenvalue weighted by molar-refractivity contribution is -0.137. The largest absolute Gasteiger partial charge is 0.481 e. The summed E-state index contributed by atoms with van der Waals surface area (Å²) < 4.78 is 4.61. The number of carboxylic acid groups (broad SMARTS) is 1. The third-order valence-corrected chi connectivity index (χ3v) is 2.63. The van der Waals surface area contributed by atoms with Gasteiger partial charge in [0.25, 0.3) is 6.47 Å². The minimum Gasteiger partial charge on any atom is -0.481 e. The van der Waals surface area contributed by atoms with Gasteiger partial charge in [0.2, 0.25) is 0 Å². The topological polar surface area (TPSA) is 83.8 Å². The Bertz CT molecular complexity index is 414. The van der Waals surface area contributed by atoms with Crippen LogP contribution in [0.5, 0.6) is 0 Å². The molecule has 1 rings (SSSR count). The van der Waals surface area contributed by atoms with Crippen molar-refractivity contribution in [2.24, 2.45) is 0 Å². The van der Waals surface area contributed by atoms with Crippen molar-refractivity contribution in [3.63, 3.8) is 0 Å². The lowest BCUT2D eigenvalue weighted by Crippen LogP contribution is -2.03. The standard InChI is InChI=1S/C13H16O5/c14-8-12-7-10(2-4-13(16)17)1-3-11(12)5-6-18-9-15/h1,3,7,9,14H,2,4-6,8H2,(H,16,17). The maximum atomic E-state index is 10.5. The van der Waals surface area contributed by atoms with Gasteiger partial charge >= 0.3 is 5.97 Å². The number of carbonyl (C=O) groups excluding carboxylic acids is 1. The molecule has 5 heteroatoms. The molecular weight excluding hydrogens is 236 g/mol. The first-order valence-electron chi connectivity index (χ1n) is 5.66. The number of hydrogen-bond acceptors (Lipinski definition) is 4. The van der Waals surface area contributed by atoms with E-state index >= 15 is 0 Å². The molecular formula is C13H16O5. The fourth-order valence-electron chi connectivity index (χ4n) is 1.69. The Morgan fingerprint density at radius 1 is 1.28 bits per heavy atom. The van der Waals surface area contributed by atoms with E-state index in [1.807, 2.05) is 12.1 Å². The fourth-order valence-corrected chi connectivity index (χ4v) is 1.69. The lowest BCUT2D eigenvalue weighted by Gasteiger charge is -2.09. The minimum atomic E-state index is -0.844. The van der Waals surface area contributed by atoms with Crippen LogP contribution in [0.15, 0.2) is 18.2 Å². The number of aliphatic hydroxyl groups is 1. The van der Waals surface area contributed by atoms with Gasteiger partial charge in [0.15, 0.2) is 0 Å². The Morgan fingerprint density at radius 3 is 2.67 bits per heavy atom. The molecule has 0 fully saturated rings. The van der Waals surface area contributed by atoms with Gasteiger partial charge in [-0.1, -0.05) is 18.2 Å². The molecule has 98 valence electrons. The Kier molecular flexibility index (Phi) is 5.87. The van der Waals surface area contributed by atoms with Crippen LogP contribution in [0.1, 0.15) is 23.1 Å². The van der Waals surface area contributed by atoms with Crippen LogP contribution in [-0.2, 0) is 33.8 Å². The summed E-state index contributed by atoms with van der Waals surface area (Å²) in [4.78, 5) is 20.5. The van der Waals surface area contributed by atoms with Crippen molar-refractivity contribution in [2.75, 3.05) is 6.61 Å². The van der Waals surface area contributed by atoms with Crippen LogP contribution in [0.4, 0.5) is 0 Å². The van der Waals surface area contributed by atoms with E-state index in [0.29, 0.717) is 19.3 Å². The van der Waals surface area contributed by atoms with Crippen molar-refractivity contribution < 1.29 is 24.5 Å². The summed E-state index contributed by atoms with van der Waals surface area (Å²) in [5.74, 6) is -0.844. The summed E-state index contributed by atoms with van der Waals surface area (Å²) in [6.45, 7) is 0.544. The summed E-state index contributed by atoms with van der Waals surface area (Å²) in [7, 11) is 0. The van der Waals surface area contributed by atoms with E-state index in [2.05, 4.69) is 4.74 Å². The molecule has 0 bridgehead atoms. The van der Waals surface area contributed by atoms with Gasteiger partial charge in [0, 0.05) is 12.8 Å². The minimum absolute atomic E-state index is 0.0679. The van der Waals surface area contributed by atoms with Gasteiger partial charge in [-0.15, -0.1) is 0 Å².